The first-order chi connectivity index (χ1) is 15.0. The number of anilines is 1. The summed E-state index contributed by atoms with van der Waals surface area (Å²) in [6, 6.07) is 12.6. The number of aryl methyl sites for hydroxylation is 1. The van der Waals surface area contributed by atoms with E-state index in [0.717, 1.165) is 5.56 Å². The van der Waals surface area contributed by atoms with Crippen LogP contribution in [0.4, 0.5) is 5.69 Å². The normalized spacial score (nSPS) is 19.6. The van der Waals surface area contributed by atoms with E-state index < -0.39 is 11.4 Å². The van der Waals surface area contributed by atoms with Crippen LogP contribution in [-0.4, -0.2) is 43.5 Å². The third-order valence-electron chi connectivity index (χ3n) is 6.23. The van der Waals surface area contributed by atoms with Crippen LogP contribution < -0.4 is 10.3 Å². The van der Waals surface area contributed by atoms with Crippen molar-refractivity contribution >= 4 is 28.5 Å². The Morgan fingerprint density at radius 3 is 2.61 bits per heavy atom. The molecule has 1 spiro atoms. The van der Waals surface area contributed by atoms with Gasteiger partial charge in [0, 0.05) is 25.8 Å². The summed E-state index contributed by atoms with van der Waals surface area (Å²) in [5, 5.41) is 0.361. The maximum atomic E-state index is 14.0. The van der Waals surface area contributed by atoms with Gasteiger partial charge in [0.2, 0.25) is 5.76 Å². The maximum absolute atomic E-state index is 14.0. The molecule has 0 radical (unpaired) electrons. The number of fused-ring (bicyclic) bond motifs is 5. The van der Waals surface area contributed by atoms with Crippen LogP contribution >= 0.6 is 0 Å². The lowest BCUT2D eigenvalue weighted by Gasteiger charge is -2.34. The molecule has 158 valence electrons. The summed E-state index contributed by atoms with van der Waals surface area (Å²) < 4.78 is 11.2. The van der Waals surface area contributed by atoms with Gasteiger partial charge in [-0.1, -0.05) is 29.8 Å². The smallest absolute Gasteiger partial charge is 0.291 e. The first-order valence-electron chi connectivity index (χ1n) is 10.3. The Kier molecular flexibility index (Phi) is 4.27. The van der Waals surface area contributed by atoms with Crippen molar-refractivity contribution in [1.82, 2.24) is 4.90 Å². The average Bonchev–Trinajstić information content (AvgIpc) is 3.17. The lowest BCUT2D eigenvalue weighted by Crippen LogP contribution is -2.54. The predicted molar refractivity (Wildman–Crippen MR) is 115 cm³/mol. The number of ether oxygens (including phenoxy) is 1. The molecule has 0 saturated heterocycles. The highest BCUT2D eigenvalue weighted by Crippen LogP contribution is 2.52. The zero-order valence-corrected chi connectivity index (χ0v) is 17.6. The van der Waals surface area contributed by atoms with Crippen molar-refractivity contribution in [3.8, 4) is 0 Å². The second kappa shape index (κ2) is 6.78. The third kappa shape index (κ3) is 2.35. The number of rotatable bonds is 4. The molecule has 0 saturated carbocycles. The molecule has 2 aliphatic rings. The summed E-state index contributed by atoms with van der Waals surface area (Å²) in [6.07, 6.45) is 0. The van der Waals surface area contributed by atoms with Crippen LogP contribution in [0.2, 0.25) is 0 Å². The van der Waals surface area contributed by atoms with Crippen molar-refractivity contribution in [2.75, 3.05) is 31.7 Å². The van der Waals surface area contributed by atoms with Gasteiger partial charge in [0.05, 0.1) is 23.2 Å². The van der Waals surface area contributed by atoms with Gasteiger partial charge in [-0.15, -0.1) is 0 Å². The molecule has 1 aromatic heterocycles. The monoisotopic (exact) mass is 418 g/mol. The minimum Gasteiger partial charge on any atom is -0.450 e. The number of methoxy groups -OCH3 is 1. The van der Waals surface area contributed by atoms with Crippen molar-refractivity contribution < 1.29 is 18.7 Å². The fourth-order valence-electron chi connectivity index (χ4n) is 4.90. The predicted octanol–water partition coefficient (Wildman–Crippen LogP) is 2.81. The maximum Gasteiger partial charge on any atom is 0.291 e. The van der Waals surface area contributed by atoms with Gasteiger partial charge in [-0.3, -0.25) is 14.4 Å². The summed E-state index contributed by atoms with van der Waals surface area (Å²) in [4.78, 5) is 44.4. The van der Waals surface area contributed by atoms with Gasteiger partial charge in [0.25, 0.3) is 11.8 Å². The number of amides is 2. The molecule has 31 heavy (non-hydrogen) atoms. The first kappa shape index (κ1) is 19.5. The molecule has 0 fully saturated rings. The Labute approximate surface area is 178 Å². The van der Waals surface area contributed by atoms with E-state index >= 15 is 0 Å². The van der Waals surface area contributed by atoms with Crippen molar-refractivity contribution in [2.45, 2.75) is 19.4 Å². The highest BCUT2D eigenvalue weighted by atomic mass is 16.5. The number of para-hydroxylation sites is 1. The number of carbonyl (C=O) groups is 2. The second-order valence-electron chi connectivity index (χ2n) is 7.86. The fourth-order valence-corrected chi connectivity index (χ4v) is 4.90. The molecule has 2 amide bonds. The summed E-state index contributed by atoms with van der Waals surface area (Å²) in [5.41, 5.74) is 0.719. The van der Waals surface area contributed by atoms with E-state index in [2.05, 4.69) is 0 Å². The van der Waals surface area contributed by atoms with Gasteiger partial charge in [-0.2, -0.15) is 0 Å². The number of likely N-dealkylation sites (N-methyl/N-ethyl adjacent to an activating group) is 1. The van der Waals surface area contributed by atoms with Crippen LogP contribution in [0, 0.1) is 6.92 Å². The van der Waals surface area contributed by atoms with Crippen molar-refractivity contribution in [3.63, 3.8) is 0 Å². The second-order valence-corrected chi connectivity index (χ2v) is 7.86. The van der Waals surface area contributed by atoms with Crippen LogP contribution in [0.1, 0.15) is 34.2 Å². The summed E-state index contributed by atoms with van der Waals surface area (Å²) >= 11 is 0. The summed E-state index contributed by atoms with van der Waals surface area (Å²) in [5.74, 6) is -0.870. The fraction of sp³-hybridized carbons (Fsp3) is 0.292. The highest BCUT2D eigenvalue weighted by molar-refractivity contribution is 6.17. The number of nitrogens with zero attached hydrogens (tertiary/aromatic N) is 2. The molecule has 0 aliphatic carbocycles. The number of hydrogen-bond acceptors (Lipinski definition) is 5. The molecule has 3 heterocycles. The lowest BCUT2D eigenvalue weighted by atomic mass is 9.84. The third-order valence-corrected chi connectivity index (χ3v) is 6.23. The Balaban J connectivity index is 1.92. The van der Waals surface area contributed by atoms with Crippen LogP contribution in [0.15, 0.2) is 51.7 Å². The van der Waals surface area contributed by atoms with Crippen molar-refractivity contribution in [2.24, 2.45) is 0 Å². The van der Waals surface area contributed by atoms with E-state index in [-0.39, 0.29) is 35.8 Å². The molecule has 2 aliphatic heterocycles. The van der Waals surface area contributed by atoms with Crippen molar-refractivity contribution in [1.29, 1.82) is 0 Å². The Hall–Kier alpha value is -3.45. The zero-order valence-electron chi connectivity index (χ0n) is 17.6. The van der Waals surface area contributed by atoms with Gasteiger partial charge < -0.3 is 19.0 Å². The Morgan fingerprint density at radius 2 is 1.87 bits per heavy atom. The standard InChI is InChI=1S/C24H22N2O5/c1-4-25-17-8-6-5-7-16(17)24(23(25)29)19-20(27)15-13-14(2)9-10-18(15)31-21(19)22(28)26(24)11-12-30-3/h5-10,13H,4,11-12H2,1-3H3/t24-/m1/s1. The van der Waals surface area contributed by atoms with Gasteiger partial charge in [-0.25, -0.2) is 0 Å². The van der Waals surface area contributed by atoms with Gasteiger partial charge in [0.1, 0.15) is 5.58 Å². The Morgan fingerprint density at radius 1 is 1.10 bits per heavy atom. The quantitative estimate of drug-likeness (QED) is 0.651. The molecule has 2 aromatic carbocycles. The van der Waals surface area contributed by atoms with E-state index in [0.29, 0.717) is 28.8 Å². The van der Waals surface area contributed by atoms with Crippen LogP contribution in [0.25, 0.3) is 11.0 Å². The lowest BCUT2D eigenvalue weighted by molar-refractivity contribution is -0.126. The van der Waals surface area contributed by atoms with Gasteiger partial charge >= 0.3 is 0 Å². The first-order valence-corrected chi connectivity index (χ1v) is 10.3. The molecular weight excluding hydrogens is 396 g/mol. The minimum absolute atomic E-state index is 0.0708. The molecule has 7 nitrogen and oxygen atoms in total. The number of carbonyl (C=O) groups excluding carboxylic acids is 2. The Bertz CT molecular complexity index is 1310. The van der Waals surface area contributed by atoms with E-state index in [1.54, 1.807) is 17.0 Å². The van der Waals surface area contributed by atoms with E-state index in [4.69, 9.17) is 9.15 Å². The van der Waals surface area contributed by atoms with E-state index in [1.807, 2.05) is 44.2 Å². The van der Waals surface area contributed by atoms with Crippen molar-refractivity contribution in [3.05, 3.63) is 75.1 Å². The molecule has 3 aromatic rings. The minimum atomic E-state index is -1.56. The largest absolute Gasteiger partial charge is 0.450 e. The van der Waals surface area contributed by atoms with E-state index in [1.165, 1.54) is 12.0 Å². The molecule has 0 bridgehead atoms. The number of hydrogen-bond donors (Lipinski definition) is 0. The molecule has 5 rings (SSSR count). The van der Waals surface area contributed by atoms with Gasteiger partial charge in [0.15, 0.2) is 11.0 Å². The molecule has 7 heteroatoms. The van der Waals surface area contributed by atoms with Crippen LogP contribution in [-0.2, 0) is 15.1 Å². The van der Waals surface area contributed by atoms with Crippen LogP contribution in [0.3, 0.4) is 0 Å². The molecule has 0 unspecified atom stereocenters. The summed E-state index contributed by atoms with van der Waals surface area (Å²) in [6.45, 7) is 4.53. The molecular formula is C24H22N2O5. The van der Waals surface area contributed by atoms with E-state index in [9.17, 15) is 14.4 Å². The van der Waals surface area contributed by atoms with Gasteiger partial charge in [-0.05, 0) is 32.0 Å². The zero-order chi connectivity index (χ0) is 21.9. The average molecular weight is 418 g/mol. The molecule has 1 atom stereocenters. The highest BCUT2D eigenvalue weighted by Gasteiger charge is 2.64. The SMILES string of the molecule is CCN1C(=O)[C@@]2(c3ccccc31)c1c(oc3ccc(C)cc3c1=O)C(=O)N2CCOC. The topological polar surface area (TPSA) is 80.1 Å². The van der Waals surface area contributed by atoms with Crippen LogP contribution in [0.5, 0.6) is 0 Å². The summed E-state index contributed by atoms with van der Waals surface area (Å²) in [7, 11) is 1.53. The molecule has 0 N–H and O–H groups in total. The number of benzene rings is 2.